The Hall–Kier alpha value is -1.83. The van der Waals surface area contributed by atoms with E-state index in [1.807, 2.05) is 0 Å². The van der Waals surface area contributed by atoms with Crippen LogP contribution in [0.25, 0.3) is 0 Å². The molecule has 1 aliphatic rings. The summed E-state index contributed by atoms with van der Waals surface area (Å²) in [5.74, 6) is 0. The lowest BCUT2D eigenvalue weighted by atomic mass is 10.1. The minimum absolute atomic E-state index is 0.0260. The van der Waals surface area contributed by atoms with Crippen LogP contribution in [0.2, 0.25) is 10.0 Å². The fourth-order valence-electron chi connectivity index (χ4n) is 2.49. The number of nitro groups is 1. The van der Waals surface area contributed by atoms with Crippen LogP contribution >= 0.6 is 23.2 Å². The second-order valence-electron chi connectivity index (χ2n) is 4.97. The van der Waals surface area contributed by atoms with Crippen LogP contribution in [-0.2, 0) is 16.4 Å². The van der Waals surface area contributed by atoms with E-state index in [0.29, 0.717) is 17.7 Å². The maximum Gasteiger partial charge on any atom is 0.269 e. The van der Waals surface area contributed by atoms with Gasteiger partial charge in [0.15, 0.2) is 0 Å². The molecule has 23 heavy (non-hydrogen) atoms. The number of nitro benzene ring substituents is 1. The highest BCUT2D eigenvalue weighted by atomic mass is 35.5. The van der Waals surface area contributed by atoms with Crippen molar-refractivity contribution < 1.29 is 13.3 Å². The van der Waals surface area contributed by atoms with E-state index in [4.69, 9.17) is 23.2 Å². The van der Waals surface area contributed by atoms with Crippen molar-refractivity contribution in [3.8, 4) is 0 Å². The van der Waals surface area contributed by atoms with Gasteiger partial charge in [0.2, 0.25) is 0 Å². The molecule has 2 aromatic rings. The molecule has 0 bridgehead atoms. The standard InChI is InChI=1S/C14H10Cl2N2O4S/c15-12-3-2-11(8-13(12)16)23(21,22)17-6-5-9-7-10(18(19)20)1-4-14(9)17/h1-4,7-8H,5-6H2. The molecule has 0 atom stereocenters. The number of hydrogen-bond acceptors (Lipinski definition) is 4. The average Bonchev–Trinajstić information content (AvgIpc) is 2.93. The van der Waals surface area contributed by atoms with Gasteiger partial charge in [0.25, 0.3) is 15.7 Å². The van der Waals surface area contributed by atoms with E-state index >= 15 is 0 Å². The van der Waals surface area contributed by atoms with Crippen LogP contribution in [0, 0.1) is 10.1 Å². The Morgan fingerprint density at radius 3 is 2.48 bits per heavy atom. The second-order valence-corrected chi connectivity index (χ2v) is 7.65. The van der Waals surface area contributed by atoms with E-state index in [0.717, 1.165) is 0 Å². The first kappa shape index (κ1) is 16.0. The Morgan fingerprint density at radius 2 is 1.83 bits per heavy atom. The normalized spacial score (nSPS) is 13.9. The summed E-state index contributed by atoms with van der Waals surface area (Å²) >= 11 is 11.7. The molecule has 120 valence electrons. The van der Waals surface area contributed by atoms with Gasteiger partial charge in [-0.05, 0) is 36.2 Å². The molecule has 0 aromatic heterocycles. The molecular formula is C14H10Cl2N2O4S. The molecule has 2 aromatic carbocycles. The Kier molecular flexibility index (Phi) is 3.95. The van der Waals surface area contributed by atoms with Crippen LogP contribution in [0.15, 0.2) is 41.3 Å². The number of fused-ring (bicyclic) bond motifs is 1. The fourth-order valence-corrected chi connectivity index (χ4v) is 4.38. The van der Waals surface area contributed by atoms with Gasteiger partial charge in [-0.25, -0.2) is 8.42 Å². The largest absolute Gasteiger partial charge is 0.269 e. The van der Waals surface area contributed by atoms with Gasteiger partial charge in [-0.1, -0.05) is 23.2 Å². The van der Waals surface area contributed by atoms with Gasteiger partial charge in [0.05, 0.1) is 25.6 Å². The van der Waals surface area contributed by atoms with E-state index in [1.165, 1.54) is 40.7 Å². The minimum Gasteiger partial charge on any atom is -0.266 e. The lowest BCUT2D eigenvalue weighted by Crippen LogP contribution is -2.29. The molecule has 0 radical (unpaired) electrons. The summed E-state index contributed by atoms with van der Waals surface area (Å²) < 4.78 is 26.8. The van der Waals surface area contributed by atoms with Crippen LogP contribution < -0.4 is 4.31 Å². The van der Waals surface area contributed by atoms with Gasteiger partial charge in [-0.15, -0.1) is 0 Å². The van der Waals surface area contributed by atoms with E-state index in [-0.39, 0.29) is 27.2 Å². The summed E-state index contributed by atoms with van der Waals surface area (Å²) in [6.45, 7) is 0.221. The van der Waals surface area contributed by atoms with Gasteiger partial charge in [0, 0.05) is 18.7 Å². The molecule has 1 heterocycles. The van der Waals surface area contributed by atoms with Crippen molar-refractivity contribution in [2.45, 2.75) is 11.3 Å². The van der Waals surface area contributed by atoms with Crippen LogP contribution in [0.5, 0.6) is 0 Å². The van der Waals surface area contributed by atoms with Crippen molar-refractivity contribution in [1.82, 2.24) is 0 Å². The van der Waals surface area contributed by atoms with Crippen LogP contribution in [-0.4, -0.2) is 19.9 Å². The monoisotopic (exact) mass is 372 g/mol. The summed E-state index contributed by atoms with van der Waals surface area (Å²) in [6.07, 6.45) is 0.414. The van der Waals surface area contributed by atoms with Crippen molar-refractivity contribution in [2.75, 3.05) is 10.8 Å². The molecule has 0 saturated heterocycles. The first-order chi connectivity index (χ1) is 10.8. The van der Waals surface area contributed by atoms with Gasteiger partial charge in [0.1, 0.15) is 0 Å². The quantitative estimate of drug-likeness (QED) is 0.608. The molecule has 0 fully saturated rings. The highest BCUT2D eigenvalue weighted by Gasteiger charge is 2.32. The summed E-state index contributed by atoms with van der Waals surface area (Å²) in [7, 11) is -3.80. The lowest BCUT2D eigenvalue weighted by Gasteiger charge is -2.19. The number of sulfonamides is 1. The fraction of sp³-hybridized carbons (Fsp3) is 0.143. The Bertz CT molecular complexity index is 915. The third-order valence-corrected chi connectivity index (χ3v) is 6.15. The summed E-state index contributed by atoms with van der Waals surface area (Å²) in [6, 6.07) is 8.25. The third-order valence-electron chi connectivity index (χ3n) is 3.61. The Morgan fingerprint density at radius 1 is 1.09 bits per heavy atom. The molecule has 0 unspecified atom stereocenters. The molecule has 0 spiro atoms. The third kappa shape index (κ3) is 2.75. The molecule has 0 amide bonds. The Labute approximate surface area is 142 Å². The number of benzene rings is 2. The van der Waals surface area contributed by atoms with Crippen molar-refractivity contribution in [3.05, 3.63) is 62.1 Å². The highest BCUT2D eigenvalue weighted by Crippen LogP contribution is 2.36. The topological polar surface area (TPSA) is 80.5 Å². The highest BCUT2D eigenvalue weighted by molar-refractivity contribution is 7.92. The number of non-ortho nitro benzene ring substituents is 1. The molecule has 9 heteroatoms. The molecule has 6 nitrogen and oxygen atoms in total. The summed E-state index contributed by atoms with van der Waals surface area (Å²) in [5.41, 5.74) is 1.02. The maximum absolute atomic E-state index is 12.8. The zero-order chi connectivity index (χ0) is 16.8. The zero-order valence-electron chi connectivity index (χ0n) is 11.6. The van der Waals surface area contributed by atoms with Crippen LogP contribution in [0.1, 0.15) is 5.56 Å². The number of nitrogens with zero attached hydrogens (tertiary/aromatic N) is 2. The zero-order valence-corrected chi connectivity index (χ0v) is 13.9. The van der Waals surface area contributed by atoms with Gasteiger partial charge >= 0.3 is 0 Å². The molecule has 0 N–H and O–H groups in total. The predicted octanol–water partition coefficient (Wildman–Crippen LogP) is 3.65. The number of halogens is 2. The smallest absolute Gasteiger partial charge is 0.266 e. The summed E-state index contributed by atoms with van der Waals surface area (Å²) in [4.78, 5) is 10.3. The number of anilines is 1. The lowest BCUT2D eigenvalue weighted by molar-refractivity contribution is -0.384. The molecule has 3 rings (SSSR count). The first-order valence-corrected chi connectivity index (χ1v) is 8.75. The van der Waals surface area contributed by atoms with Gasteiger partial charge < -0.3 is 0 Å². The van der Waals surface area contributed by atoms with E-state index in [9.17, 15) is 18.5 Å². The van der Waals surface area contributed by atoms with E-state index in [1.54, 1.807) is 0 Å². The SMILES string of the molecule is O=[N+]([O-])c1ccc2c(c1)CCN2S(=O)(=O)c1ccc(Cl)c(Cl)c1. The van der Waals surface area contributed by atoms with Crippen LogP contribution in [0.3, 0.4) is 0 Å². The molecule has 1 aliphatic heterocycles. The minimum atomic E-state index is -3.80. The van der Waals surface area contributed by atoms with Gasteiger partial charge in [-0.3, -0.25) is 14.4 Å². The van der Waals surface area contributed by atoms with Crippen molar-refractivity contribution in [2.24, 2.45) is 0 Å². The van der Waals surface area contributed by atoms with Crippen molar-refractivity contribution in [3.63, 3.8) is 0 Å². The van der Waals surface area contributed by atoms with E-state index in [2.05, 4.69) is 0 Å². The average molecular weight is 373 g/mol. The molecule has 0 saturated carbocycles. The van der Waals surface area contributed by atoms with Gasteiger partial charge in [-0.2, -0.15) is 0 Å². The van der Waals surface area contributed by atoms with Crippen molar-refractivity contribution >= 4 is 44.6 Å². The second kappa shape index (κ2) is 5.67. The summed E-state index contributed by atoms with van der Waals surface area (Å²) in [5, 5.41) is 11.2. The number of hydrogen-bond donors (Lipinski definition) is 0. The van der Waals surface area contributed by atoms with Crippen LogP contribution in [0.4, 0.5) is 11.4 Å². The van der Waals surface area contributed by atoms with E-state index < -0.39 is 14.9 Å². The predicted molar refractivity (Wildman–Crippen MR) is 87.8 cm³/mol. The maximum atomic E-state index is 12.8. The molecule has 0 aliphatic carbocycles. The van der Waals surface area contributed by atoms with Crippen molar-refractivity contribution in [1.29, 1.82) is 0 Å². The Balaban J connectivity index is 2.04. The number of rotatable bonds is 3. The first-order valence-electron chi connectivity index (χ1n) is 6.56. The molecular weight excluding hydrogens is 363 g/mol.